The summed E-state index contributed by atoms with van der Waals surface area (Å²) in [5.41, 5.74) is 3.53. The summed E-state index contributed by atoms with van der Waals surface area (Å²) in [4.78, 5) is 0. The van der Waals surface area contributed by atoms with Crippen LogP contribution >= 0.6 is 15.9 Å². The van der Waals surface area contributed by atoms with E-state index in [9.17, 15) is 0 Å². The van der Waals surface area contributed by atoms with Crippen molar-refractivity contribution in [2.75, 3.05) is 7.05 Å². The maximum absolute atomic E-state index is 6.11. The summed E-state index contributed by atoms with van der Waals surface area (Å²) in [6, 6.07) is 12.6. The van der Waals surface area contributed by atoms with Crippen molar-refractivity contribution in [3.8, 4) is 11.5 Å². The Morgan fingerprint density at radius 3 is 2.40 bits per heavy atom. The van der Waals surface area contributed by atoms with E-state index < -0.39 is 0 Å². The van der Waals surface area contributed by atoms with Gasteiger partial charge in [-0.2, -0.15) is 0 Å². The second kappa shape index (κ2) is 6.42. The van der Waals surface area contributed by atoms with Gasteiger partial charge < -0.3 is 10.1 Å². The Morgan fingerprint density at radius 2 is 1.75 bits per heavy atom. The highest BCUT2D eigenvalue weighted by Crippen LogP contribution is 2.33. The molecule has 0 aliphatic rings. The maximum atomic E-state index is 6.11. The van der Waals surface area contributed by atoms with Crippen molar-refractivity contribution in [3.05, 3.63) is 57.6 Å². The van der Waals surface area contributed by atoms with Crippen LogP contribution in [0.5, 0.6) is 11.5 Å². The van der Waals surface area contributed by atoms with Crippen LogP contribution in [-0.4, -0.2) is 7.05 Å². The van der Waals surface area contributed by atoms with Gasteiger partial charge in [0.1, 0.15) is 11.5 Å². The van der Waals surface area contributed by atoms with E-state index in [1.807, 2.05) is 25.2 Å². The molecule has 3 heteroatoms. The van der Waals surface area contributed by atoms with Gasteiger partial charge in [0.2, 0.25) is 0 Å². The van der Waals surface area contributed by atoms with Crippen LogP contribution in [0, 0.1) is 13.8 Å². The highest BCUT2D eigenvalue weighted by atomic mass is 79.9. The topological polar surface area (TPSA) is 21.3 Å². The lowest BCUT2D eigenvalue weighted by Gasteiger charge is -2.18. The van der Waals surface area contributed by atoms with Gasteiger partial charge in [0.05, 0.1) is 0 Å². The molecule has 0 fully saturated rings. The first-order valence-corrected chi connectivity index (χ1v) is 7.52. The van der Waals surface area contributed by atoms with Crippen LogP contribution in [-0.2, 0) is 0 Å². The molecule has 1 atom stereocenters. The molecule has 2 rings (SSSR count). The van der Waals surface area contributed by atoms with E-state index in [0.29, 0.717) is 0 Å². The highest BCUT2D eigenvalue weighted by Gasteiger charge is 2.12. The molecule has 0 heterocycles. The van der Waals surface area contributed by atoms with Crippen molar-refractivity contribution in [1.82, 2.24) is 5.32 Å². The molecule has 1 N–H and O–H groups in total. The van der Waals surface area contributed by atoms with E-state index in [4.69, 9.17) is 4.74 Å². The zero-order chi connectivity index (χ0) is 14.7. The first-order valence-electron chi connectivity index (χ1n) is 6.73. The molecular weight excluding hydrogens is 314 g/mol. The van der Waals surface area contributed by atoms with Gasteiger partial charge in [0.15, 0.2) is 0 Å². The molecule has 106 valence electrons. The molecule has 2 aromatic carbocycles. The molecule has 20 heavy (non-hydrogen) atoms. The molecular formula is C17H20BrNO. The van der Waals surface area contributed by atoms with Gasteiger partial charge in [0.25, 0.3) is 0 Å². The predicted molar refractivity (Wildman–Crippen MR) is 87.6 cm³/mol. The van der Waals surface area contributed by atoms with Crippen LogP contribution in [0.1, 0.15) is 29.7 Å². The summed E-state index contributed by atoms with van der Waals surface area (Å²) in [5.74, 6) is 1.80. The maximum Gasteiger partial charge on any atom is 0.132 e. The Balaban J connectivity index is 2.37. The van der Waals surface area contributed by atoms with Gasteiger partial charge in [-0.15, -0.1) is 0 Å². The quantitative estimate of drug-likeness (QED) is 0.836. The first-order chi connectivity index (χ1) is 9.51. The van der Waals surface area contributed by atoms with Crippen LogP contribution in [0.3, 0.4) is 0 Å². The minimum Gasteiger partial charge on any atom is -0.457 e. The standard InChI is InChI=1S/C17H20BrNO/c1-11-5-7-16(12(2)9-11)20-17-8-6-14(18)10-15(17)13(3)19-4/h5-10,13,19H,1-4H3. The van der Waals surface area contributed by atoms with Gasteiger partial charge >= 0.3 is 0 Å². The number of aryl methyl sites for hydroxylation is 2. The van der Waals surface area contributed by atoms with Gasteiger partial charge in [-0.05, 0) is 57.6 Å². The second-order valence-electron chi connectivity index (χ2n) is 5.06. The smallest absolute Gasteiger partial charge is 0.132 e. The van der Waals surface area contributed by atoms with Crippen molar-refractivity contribution in [2.24, 2.45) is 0 Å². The van der Waals surface area contributed by atoms with Crippen molar-refractivity contribution in [3.63, 3.8) is 0 Å². The van der Waals surface area contributed by atoms with E-state index in [1.165, 1.54) is 5.56 Å². The molecule has 0 aliphatic carbocycles. The van der Waals surface area contributed by atoms with E-state index >= 15 is 0 Å². The third-order valence-electron chi connectivity index (χ3n) is 3.42. The molecule has 0 saturated heterocycles. The zero-order valence-electron chi connectivity index (χ0n) is 12.3. The van der Waals surface area contributed by atoms with Gasteiger partial charge in [0, 0.05) is 16.1 Å². The van der Waals surface area contributed by atoms with Crippen LogP contribution < -0.4 is 10.1 Å². The Morgan fingerprint density at radius 1 is 1.05 bits per heavy atom. The zero-order valence-corrected chi connectivity index (χ0v) is 13.9. The molecule has 2 aromatic rings. The van der Waals surface area contributed by atoms with Crippen LogP contribution in [0.15, 0.2) is 40.9 Å². The number of benzene rings is 2. The summed E-state index contributed by atoms with van der Waals surface area (Å²) in [7, 11) is 1.95. The lowest BCUT2D eigenvalue weighted by atomic mass is 10.1. The molecule has 0 bridgehead atoms. The predicted octanol–water partition coefficient (Wildman–Crippen LogP) is 5.14. The summed E-state index contributed by atoms with van der Waals surface area (Å²) in [5, 5.41) is 3.26. The number of rotatable bonds is 4. The van der Waals surface area contributed by atoms with E-state index in [2.05, 4.69) is 60.2 Å². The van der Waals surface area contributed by atoms with Crippen molar-refractivity contribution < 1.29 is 4.74 Å². The Labute approximate surface area is 129 Å². The lowest BCUT2D eigenvalue weighted by molar-refractivity contribution is 0.463. The van der Waals surface area contributed by atoms with E-state index in [1.54, 1.807) is 0 Å². The first kappa shape index (κ1) is 15.1. The van der Waals surface area contributed by atoms with E-state index in [-0.39, 0.29) is 6.04 Å². The average Bonchev–Trinajstić information content (AvgIpc) is 2.42. The normalized spacial score (nSPS) is 12.2. The van der Waals surface area contributed by atoms with Crippen molar-refractivity contribution in [2.45, 2.75) is 26.8 Å². The van der Waals surface area contributed by atoms with Gasteiger partial charge in [-0.25, -0.2) is 0 Å². The minimum atomic E-state index is 0.230. The van der Waals surface area contributed by atoms with Crippen molar-refractivity contribution in [1.29, 1.82) is 0 Å². The van der Waals surface area contributed by atoms with Crippen LogP contribution in [0.25, 0.3) is 0 Å². The minimum absolute atomic E-state index is 0.230. The number of ether oxygens (including phenoxy) is 1. The highest BCUT2D eigenvalue weighted by molar-refractivity contribution is 9.10. The van der Waals surface area contributed by atoms with Gasteiger partial charge in [-0.1, -0.05) is 33.6 Å². The summed E-state index contributed by atoms with van der Waals surface area (Å²) < 4.78 is 7.17. The lowest BCUT2D eigenvalue weighted by Crippen LogP contribution is -2.13. The SMILES string of the molecule is CNC(C)c1cc(Br)ccc1Oc1ccc(C)cc1C. The second-order valence-corrected chi connectivity index (χ2v) is 5.98. The largest absolute Gasteiger partial charge is 0.457 e. The summed E-state index contributed by atoms with van der Waals surface area (Å²) >= 11 is 3.52. The third kappa shape index (κ3) is 3.41. The van der Waals surface area contributed by atoms with Gasteiger partial charge in [-0.3, -0.25) is 0 Å². The van der Waals surface area contributed by atoms with Crippen LogP contribution in [0.2, 0.25) is 0 Å². The fourth-order valence-corrected chi connectivity index (χ4v) is 2.52. The monoisotopic (exact) mass is 333 g/mol. The third-order valence-corrected chi connectivity index (χ3v) is 3.91. The molecule has 0 spiro atoms. The number of hydrogen-bond donors (Lipinski definition) is 1. The molecule has 0 radical (unpaired) electrons. The molecule has 0 aromatic heterocycles. The average molecular weight is 334 g/mol. The summed E-state index contributed by atoms with van der Waals surface area (Å²) in [6.45, 7) is 6.28. The van der Waals surface area contributed by atoms with Crippen molar-refractivity contribution >= 4 is 15.9 Å². The number of hydrogen-bond acceptors (Lipinski definition) is 2. The summed E-state index contributed by atoms with van der Waals surface area (Å²) in [6.07, 6.45) is 0. The molecule has 0 amide bonds. The van der Waals surface area contributed by atoms with Crippen LogP contribution in [0.4, 0.5) is 0 Å². The number of nitrogens with one attached hydrogen (secondary N) is 1. The Bertz CT molecular complexity index is 610. The molecule has 0 saturated carbocycles. The molecule has 2 nitrogen and oxygen atoms in total. The Hall–Kier alpha value is -1.32. The fourth-order valence-electron chi connectivity index (χ4n) is 2.14. The van der Waals surface area contributed by atoms with E-state index in [0.717, 1.165) is 27.1 Å². The molecule has 0 aliphatic heterocycles. The fraction of sp³-hybridized carbons (Fsp3) is 0.294. The Kier molecular flexibility index (Phi) is 4.84. The number of halogens is 1. The molecule has 1 unspecified atom stereocenters.